The largest absolute Gasteiger partial charge is 0.344 e. The van der Waals surface area contributed by atoms with Gasteiger partial charge in [-0.05, 0) is 49.9 Å². The number of halogens is 1. The molecule has 10 heteroatoms. The van der Waals surface area contributed by atoms with Gasteiger partial charge in [0.1, 0.15) is 11.4 Å². The van der Waals surface area contributed by atoms with Crippen LogP contribution in [0.1, 0.15) is 25.7 Å². The Kier molecular flexibility index (Phi) is 5.53. The highest BCUT2D eigenvalue weighted by Gasteiger charge is 2.35. The van der Waals surface area contributed by atoms with Gasteiger partial charge in [0.25, 0.3) is 0 Å². The summed E-state index contributed by atoms with van der Waals surface area (Å²) >= 11 is 1.52. The quantitative estimate of drug-likeness (QED) is 0.639. The van der Waals surface area contributed by atoms with Crippen LogP contribution in [0.15, 0.2) is 30.5 Å². The molecule has 1 amide bonds. The fourth-order valence-electron chi connectivity index (χ4n) is 4.43. The molecule has 3 aromatic rings. The third kappa shape index (κ3) is 4.18. The lowest BCUT2D eigenvalue weighted by atomic mass is 10.00. The summed E-state index contributed by atoms with van der Waals surface area (Å²) in [6.07, 6.45) is 5.34. The molecule has 0 bridgehead atoms. The monoisotopic (exact) mass is 453 g/mol. The smallest absolute Gasteiger partial charge is 0.235 e. The summed E-state index contributed by atoms with van der Waals surface area (Å²) < 4.78 is 14.9. The maximum Gasteiger partial charge on any atom is 0.235 e. The van der Waals surface area contributed by atoms with Crippen molar-refractivity contribution in [1.29, 1.82) is 5.26 Å². The van der Waals surface area contributed by atoms with Crippen LogP contribution >= 0.6 is 11.3 Å². The van der Waals surface area contributed by atoms with Crippen LogP contribution in [-0.2, 0) is 4.79 Å². The molecule has 2 aliphatic rings. The molecule has 32 heavy (non-hydrogen) atoms. The molecule has 0 atom stereocenters. The lowest BCUT2D eigenvalue weighted by molar-refractivity contribution is -0.123. The van der Waals surface area contributed by atoms with E-state index >= 15 is 0 Å². The van der Waals surface area contributed by atoms with Crippen molar-refractivity contribution in [1.82, 2.24) is 24.8 Å². The van der Waals surface area contributed by atoms with Crippen LogP contribution in [0.3, 0.4) is 0 Å². The first-order valence-corrected chi connectivity index (χ1v) is 11.7. The Bertz CT molecular complexity index is 1120. The summed E-state index contributed by atoms with van der Waals surface area (Å²) in [4.78, 5) is 22.2. The Hall–Kier alpha value is -3.03. The first-order valence-electron chi connectivity index (χ1n) is 10.9. The van der Waals surface area contributed by atoms with Gasteiger partial charge in [-0.15, -0.1) is 5.10 Å². The van der Waals surface area contributed by atoms with E-state index in [2.05, 4.69) is 31.3 Å². The Labute approximate surface area is 189 Å². The number of rotatable bonds is 5. The van der Waals surface area contributed by atoms with E-state index in [1.807, 2.05) is 6.20 Å². The molecule has 0 radical (unpaired) electrons. The second-order valence-electron chi connectivity index (χ2n) is 8.46. The van der Waals surface area contributed by atoms with Gasteiger partial charge in [0.15, 0.2) is 0 Å². The van der Waals surface area contributed by atoms with Crippen molar-refractivity contribution in [3.05, 3.63) is 36.3 Å². The number of hydrogen-bond acceptors (Lipinski definition) is 7. The van der Waals surface area contributed by atoms with Gasteiger partial charge in [-0.3, -0.25) is 9.69 Å². The van der Waals surface area contributed by atoms with Crippen molar-refractivity contribution in [3.63, 3.8) is 0 Å². The zero-order chi connectivity index (χ0) is 22.1. The van der Waals surface area contributed by atoms with Crippen LogP contribution in [0.25, 0.3) is 16.2 Å². The number of nitrogens with zero attached hydrogens (tertiary/aromatic N) is 6. The number of amides is 1. The van der Waals surface area contributed by atoms with Crippen molar-refractivity contribution >= 4 is 27.3 Å². The predicted molar refractivity (Wildman–Crippen MR) is 120 cm³/mol. The molecule has 2 aromatic heterocycles. The Morgan fingerprint density at radius 2 is 1.91 bits per heavy atom. The fourth-order valence-corrected chi connectivity index (χ4v) is 5.36. The molecule has 5 rings (SSSR count). The van der Waals surface area contributed by atoms with E-state index in [0.717, 1.165) is 73.2 Å². The molecule has 1 aliphatic carbocycles. The van der Waals surface area contributed by atoms with Crippen LogP contribution in [0.5, 0.6) is 0 Å². The predicted octanol–water partition coefficient (Wildman–Crippen LogP) is 2.67. The minimum absolute atomic E-state index is 0.0667. The van der Waals surface area contributed by atoms with Gasteiger partial charge in [0.05, 0.1) is 24.5 Å². The Balaban J connectivity index is 1.17. The highest BCUT2D eigenvalue weighted by Crippen LogP contribution is 2.29. The maximum atomic E-state index is 13.1. The van der Waals surface area contributed by atoms with Gasteiger partial charge in [-0.2, -0.15) is 5.26 Å². The van der Waals surface area contributed by atoms with Gasteiger partial charge in [-0.1, -0.05) is 11.3 Å². The number of nitrogens with one attached hydrogen (secondary N) is 1. The van der Waals surface area contributed by atoms with E-state index in [4.69, 9.17) is 0 Å². The van der Waals surface area contributed by atoms with Gasteiger partial charge in [-0.25, -0.2) is 13.9 Å². The topological polar surface area (TPSA) is 89.6 Å². The SMILES string of the molecule is N#CC1(NC(=O)CN2CCN(c3nn4cc(-c5ccc(F)cc5)nc4s3)CC2)CCCC1. The summed E-state index contributed by atoms with van der Waals surface area (Å²) in [5.74, 6) is -0.335. The van der Waals surface area contributed by atoms with Crippen LogP contribution < -0.4 is 10.2 Å². The molecule has 166 valence electrons. The highest BCUT2D eigenvalue weighted by atomic mass is 32.1. The molecule has 1 N–H and O–H groups in total. The maximum absolute atomic E-state index is 13.1. The van der Waals surface area contributed by atoms with Crippen LogP contribution in [-0.4, -0.2) is 63.7 Å². The van der Waals surface area contributed by atoms with E-state index in [9.17, 15) is 14.4 Å². The number of nitriles is 1. The number of fused-ring (bicyclic) bond motifs is 1. The standard InChI is InChI=1S/C22H24FN7OS/c23-17-5-3-16(4-6-17)18-13-30-20(25-18)32-21(27-30)29-11-9-28(10-12-29)14-19(31)26-22(15-24)7-1-2-8-22/h3-6,13H,1-2,7-12,14H2,(H,26,31). The summed E-state index contributed by atoms with van der Waals surface area (Å²) in [6.45, 7) is 3.39. The molecule has 3 heterocycles. The lowest BCUT2D eigenvalue weighted by Crippen LogP contribution is -2.53. The number of benzene rings is 1. The normalized spacial score (nSPS) is 18.7. The van der Waals surface area contributed by atoms with Crippen molar-refractivity contribution in [2.75, 3.05) is 37.6 Å². The molecule has 0 spiro atoms. The molecule has 2 fully saturated rings. The number of carbonyl (C=O) groups is 1. The van der Waals surface area contributed by atoms with Crippen LogP contribution in [0.4, 0.5) is 9.52 Å². The molecular weight excluding hydrogens is 429 g/mol. The number of piperazine rings is 1. The average Bonchev–Trinajstić information content (AvgIpc) is 3.50. The molecule has 1 saturated carbocycles. The number of aromatic nitrogens is 3. The number of imidazole rings is 1. The van der Waals surface area contributed by atoms with Crippen LogP contribution in [0.2, 0.25) is 0 Å². The molecule has 8 nitrogen and oxygen atoms in total. The van der Waals surface area contributed by atoms with E-state index in [1.165, 1.54) is 23.5 Å². The summed E-state index contributed by atoms with van der Waals surface area (Å²) in [5.41, 5.74) is 0.957. The second-order valence-corrected chi connectivity index (χ2v) is 9.39. The fraction of sp³-hybridized carbons (Fsp3) is 0.455. The number of carbonyl (C=O) groups excluding carboxylic acids is 1. The van der Waals surface area contributed by atoms with E-state index in [1.54, 1.807) is 16.6 Å². The highest BCUT2D eigenvalue weighted by molar-refractivity contribution is 7.20. The number of hydrogen-bond donors (Lipinski definition) is 1. The van der Waals surface area contributed by atoms with Crippen molar-refractivity contribution in [2.45, 2.75) is 31.2 Å². The number of anilines is 1. The molecule has 1 saturated heterocycles. The summed E-state index contributed by atoms with van der Waals surface area (Å²) in [5, 5.41) is 18.0. The molecular formula is C22H24FN7OS. The third-order valence-corrected chi connectivity index (χ3v) is 7.22. The van der Waals surface area contributed by atoms with E-state index in [-0.39, 0.29) is 11.7 Å². The lowest BCUT2D eigenvalue weighted by Gasteiger charge is -2.34. The van der Waals surface area contributed by atoms with Crippen molar-refractivity contribution in [2.24, 2.45) is 0 Å². The summed E-state index contributed by atoms with van der Waals surface area (Å²) in [6, 6.07) is 8.59. The van der Waals surface area contributed by atoms with E-state index in [0.29, 0.717) is 6.54 Å². The van der Waals surface area contributed by atoms with Gasteiger partial charge < -0.3 is 10.2 Å². The third-order valence-electron chi connectivity index (χ3n) is 6.23. The van der Waals surface area contributed by atoms with Gasteiger partial charge in [0.2, 0.25) is 16.0 Å². The minimum Gasteiger partial charge on any atom is -0.344 e. The van der Waals surface area contributed by atoms with Crippen molar-refractivity contribution in [3.8, 4) is 17.3 Å². The molecule has 1 aliphatic heterocycles. The van der Waals surface area contributed by atoms with Crippen molar-refractivity contribution < 1.29 is 9.18 Å². The zero-order valence-electron chi connectivity index (χ0n) is 17.6. The average molecular weight is 454 g/mol. The zero-order valence-corrected chi connectivity index (χ0v) is 18.4. The Morgan fingerprint density at radius 1 is 1.19 bits per heavy atom. The van der Waals surface area contributed by atoms with E-state index < -0.39 is 5.54 Å². The Morgan fingerprint density at radius 3 is 2.56 bits per heavy atom. The van der Waals surface area contributed by atoms with Gasteiger partial charge in [0, 0.05) is 31.7 Å². The molecule has 0 unspecified atom stereocenters. The second kappa shape index (κ2) is 8.48. The molecule has 1 aromatic carbocycles. The first kappa shape index (κ1) is 20.8. The van der Waals surface area contributed by atoms with Crippen LogP contribution in [0, 0.1) is 17.1 Å². The first-order chi connectivity index (χ1) is 15.5. The minimum atomic E-state index is -0.665. The summed E-state index contributed by atoms with van der Waals surface area (Å²) in [7, 11) is 0. The van der Waals surface area contributed by atoms with Gasteiger partial charge >= 0.3 is 0 Å².